The van der Waals surface area contributed by atoms with Crippen LogP contribution in [0, 0.1) is 24.1 Å². The molecule has 1 N–H and O–H groups in total. The molecule has 0 spiro atoms. The van der Waals surface area contributed by atoms with Gasteiger partial charge < -0.3 is 5.32 Å². The van der Waals surface area contributed by atoms with Crippen molar-refractivity contribution in [2.75, 3.05) is 0 Å². The number of nitriles is 1. The maximum absolute atomic E-state index is 14.2. The topological polar surface area (TPSA) is 83.6 Å². The Morgan fingerprint density at radius 1 is 1.26 bits per heavy atom. The number of rotatable bonds is 3. The number of benzene rings is 1. The highest BCUT2D eigenvalue weighted by Crippen LogP contribution is 2.34. The minimum atomic E-state index is -4.71. The molecular weight excluding hydrogens is 414 g/mol. The van der Waals surface area contributed by atoms with Crippen molar-refractivity contribution >= 4 is 5.91 Å². The predicted octanol–water partition coefficient (Wildman–Crippen LogP) is 4.16. The Balaban J connectivity index is 1.61. The largest absolute Gasteiger partial charge is 0.433 e. The van der Waals surface area contributed by atoms with Gasteiger partial charge >= 0.3 is 6.18 Å². The first kappa shape index (κ1) is 20.5. The molecule has 0 radical (unpaired) electrons. The number of nitrogens with one attached hydrogen (secondary N) is 1. The van der Waals surface area contributed by atoms with Gasteiger partial charge in [-0.2, -0.15) is 23.5 Å². The third-order valence-corrected chi connectivity index (χ3v) is 4.99. The number of carbonyl (C=O) groups excluding carboxylic acids is 1. The summed E-state index contributed by atoms with van der Waals surface area (Å²) in [6, 6.07) is 8.42. The number of carbonyl (C=O) groups is 1. The molecular formula is C21H15F4N5O. The molecule has 0 aliphatic carbocycles. The third kappa shape index (κ3) is 3.99. The van der Waals surface area contributed by atoms with Crippen LogP contribution in [-0.4, -0.2) is 20.7 Å². The van der Waals surface area contributed by atoms with Crippen molar-refractivity contribution in [3.63, 3.8) is 0 Å². The average molecular weight is 429 g/mol. The maximum atomic E-state index is 14.2. The standard InChI is InChI=1S/C21H15F4N5O/c1-11-4-12(9-26)6-13(5-11)20(31)28-16-2-3-30-18(16)8-17(29-30)14-7-19(21(23,24)25)27-10-15(14)22/h4-8,10,16H,2-3H2,1H3,(H,28,31)/t16-/m0/s1. The summed E-state index contributed by atoms with van der Waals surface area (Å²) in [7, 11) is 0. The molecule has 6 nitrogen and oxygen atoms in total. The number of hydrogen-bond donors (Lipinski definition) is 1. The van der Waals surface area contributed by atoms with Gasteiger partial charge in [0.1, 0.15) is 5.69 Å². The first-order valence-corrected chi connectivity index (χ1v) is 9.29. The zero-order valence-electron chi connectivity index (χ0n) is 16.2. The average Bonchev–Trinajstić information content (AvgIpc) is 3.28. The van der Waals surface area contributed by atoms with E-state index in [1.54, 1.807) is 19.1 Å². The highest BCUT2D eigenvalue weighted by molar-refractivity contribution is 5.95. The summed E-state index contributed by atoms with van der Waals surface area (Å²) in [5.74, 6) is -1.31. The second-order valence-corrected chi connectivity index (χ2v) is 7.24. The molecule has 2 aromatic heterocycles. The van der Waals surface area contributed by atoms with E-state index in [-0.39, 0.29) is 11.3 Å². The first-order valence-electron chi connectivity index (χ1n) is 9.29. The lowest BCUT2D eigenvalue weighted by Gasteiger charge is -2.12. The van der Waals surface area contributed by atoms with E-state index >= 15 is 0 Å². The number of hydrogen-bond acceptors (Lipinski definition) is 4. The second kappa shape index (κ2) is 7.50. The molecule has 1 aliphatic heterocycles. The van der Waals surface area contributed by atoms with Crippen molar-refractivity contribution in [1.29, 1.82) is 5.26 Å². The van der Waals surface area contributed by atoms with Gasteiger partial charge in [0.05, 0.1) is 35.3 Å². The summed E-state index contributed by atoms with van der Waals surface area (Å²) in [5, 5.41) is 16.1. The highest BCUT2D eigenvalue weighted by atomic mass is 19.4. The number of alkyl halides is 3. The Kier molecular flexibility index (Phi) is 4.97. The summed E-state index contributed by atoms with van der Waals surface area (Å²) in [6.45, 7) is 2.18. The molecule has 1 aromatic carbocycles. The number of nitrogens with zero attached hydrogens (tertiary/aromatic N) is 4. The minimum Gasteiger partial charge on any atom is -0.344 e. The van der Waals surface area contributed by atoms with E-state index in [9.17, 15) is 22.4 Å². The molecule has 0 bridgehead atoms. The second-order valence-electron chi connectivity index (χ2n) is 7.24. The number of amides is 1. The summed E-state index contributed by atoms with van der Waals surface area (Å²) in [6.07, 6.45) is -3.66. The van der Waals surface area contributed by atoms with Gasteiger partial charge in [-0.15, -0.1) is 0 Å². The van der Waals surface area contributed by atoms with Gasteiger partial charge in [0.2, 0.25) is 0 Å². The van der Waals surface area contributed by atoms with Gasteiger partial charge in [-0.25, -0.2) is 9.37 Å². The minimum absolute atomic E-state index is 0.0293. The Hall–Kier alpha value is -3.74. The Morgan fingerprint density at radius 2 is 2.03 bits per heavy atom. The molecule has 0 fully saturated rings. The monoisotopic (exact) mass is 429 g/mol. The molecule has 4 rings (SSSR count). The lowest BCUT2D eigenvalue weighted by Crippen LogP contribution is -2.27. The van der Waals surface area contributed by atoms with Gasteiger partial charge in [-0.05, 0) is 49.2 Å². The smallest absolute Gasteiger partial charge is 0.344 e. The summed E-state index contributed by atoms with van der Waals surface area (Å²) < 4.78 is 54.5. The molecule has 1 atom stereocenters. The third-order valence-electron chi connectivity index (χ3n) is 4.99. The number of fused-ring (bicyclic) bond motifs is 1. The fourth-order valence-corrected chi connectivity index (χ4v) is 3.58. The Morgan fingerprint density at radius 3 is 2.74 bits per heavy atom. The van der Waals surface area contributed by atoms with Crippen LogP contribution in [0.2, 0.25) is 0 Å². The van der Waals surface area contributed by atoms with E-state index in [2.05, 4.69) is 15.4 Å². The quantitative estimate of drug-likeness (QED) is 0.634. The molecule has 1 aliphatic rings. The zero-order chi connectivity index (χ0) is 22.3. The van der Waals surface area contributed by atoms with Crippen molar-refractivity contribution < 1.29 is 22.4 Å². The SMILES string of the molecule is Cc1cc(C#N)cc(C(=O)N[C@H]2CCn3nc(-c4cc(C(F)(F)F)ncc4F)cc32)c1. The summed E-state index contributed by atoms with van der Waals surface area (Å²) >= 11 is 0. The lowest BCUT2D eigenvalue weighted by atomic mass is 10.1. The van der Waals surface area contributed by atoms with Crippen LogP contribution in [0.3, 0.4) is 0 Å². The highest BCUT2D eigenvalue weighted by Gasteiger charge is 2.34. The summed E-state index contributed by atoms with van der Waals surface area (Å²) in [4.78, 5) is 15.8. The van der Waals surface area contributed by atoms with Crippen LogP contribution in [0.4, 0.5) is 17.6 Å². The maximum Gasteiger partial charge on any atom is 0.433 e. The zero-order valence-corrected chi connectivity index (χ0v) is 16.2. The van der Waals surface area contributed by atoms with Crippen LogP contribution in [0.25, 0.3) is 11.3 Å². The van der Waals surface area contributed by atoms with Gasteiger partial charge in [-0.1, -0.05) is 0 Å². The van der Waals surface area contributed by atoms with Gasteiger partial charge in [-0.3, -0.25) is 9.48 Å². The summed E-state index contributed by atoms with van der Waals surface area (Å²) in [5.41, 5.74) is 0.503. The lowest BCUT2D eigenvalue weighted by molar-refractivity contribution is -0.141. The first-order chi connectivity index (χ1) is 14.7. The molecule has 0 saturated carbocycles. The normalized spacial score (nSPS) is 15.4. The fourth-order valence-electron chi connectivity index (χ4n) is 3.58. The molecule has 31 heavy (non-hydrogen) atoms. The number of pyridine rings is 1. The molecule has 10 heteroatoms. The number of halogens is 4. The van der Waals surface area contributed by atoms with Crippen molar-refractivity contribution in [1.82, 2.24) is 20.1 Å². The molecule has 0 unspecified atom stereocenters. The van der Waals surface area contributed by atoms with Gasteiger partial charge in [0, 0.05) is 17.7 Å². The van der Waals surface area contributed by atoms with Crippen molar-refractivity contribution in [2.45, 2.75) is 32.1 Å². The molecule has 3 heterocycles. The van der Waals surface area contributed by atoms with Gasteiger partial charge in [0.25, 0.3) is 5.91 Å². The molecule has 1 amide bonds. The fraction of sp³-hybridized carbons (Fsp3) is 0.238. The van der Waals surface area contributed by atoms with E-state index in [0.717, 1.165) is 5.56 Å². The van der Waals surface area contributed by atoms with Crippen LogP contribution in [0.5, 0.6) is 0 Å². The van der Waals surface area contributed by atoms with Crippen LogP contribution in [-0.2, 0) is 12.7 Å². The van der Waals surface area contributed by atoms with Crippen molar-refractivity contribution in [3.8, 4) is 17.3 Å². The van der Waals surface area contributed by atoms with E-state index in [4.69, 9.17) is 5.26 Å². The molecule has 0 saturated heterocycles. The Bertz CT molecular complexity index is 1230. The Labute approximate surface area is 174 Å². The van der Waals surface area contributed by atoms with Crippen LogP contribution in [0.1, 0.15) is 45.3 Å². The molecule has 158 valence electrons. The van der Waals surface area contributed by atoms with Crippen molar-refractivity contribution in [2.24, 2.45) is 0 Å². The van der Waals surface area contributed by atoms with Crippen LogP contribution >= 0.6 is 0 Å². The van der Waals surface area contributed by atoms with E-state index in [0.29, 0.717) is 42.0 Å². The van der Waals surface area contributed by atoms with E-state index in [1.807, 2.05) is 6.07 Å². The number of aryl methyl sites for hydroxylation is 2. The van der Waals surface area contributed by atoms with E-state index < -0.39 is 29.6 Å². The van der Waals surface area contributed by atoms with E-state index in [1.165, 1.54) is 16.8 Å². The number of aromatic nitrogens is 3. The molecule has 3 aromatic rings. The van der Waals surface area contributed by atoms with Crippen LogP contribution in [0.15, 0.2) is 36.5 Å². The van der Waals surface area contributed by atoms with Crippen molar-refractivity contribution in [3.05, 3.63) is 70.4 Å². The van der Waals surface area contributed by atoms with Gasteiger partial charge in [0.15, 0.2) is 5.82 Å². The van der Waals surface area contributed by atoms with Crippen LogP contribution < -0.4 is 5.32 Å². The predicted molar refractivity (Wildman–Crippen MR) is 101 cm³/mol.